The fourth-order valence-electron chi connectivity index (χ4n) is 1.50. The lowest BCUT2D eigenvalue weighted by molar-refractivity contribution is 0.0716. The van der Waals surface area contributed by atoms with Crippen LogP contribution in [-0.2, 0) is 15.9 Å². The second-order valence-electron chi connectivity index (χ2n) is 4.10. The van der Waals surface area contributed by atoms with Crippen LogP contribution in [0.2, 0.25) is 0 Å². The van der Waals surface area contributed by atoms with Gasteiger partial charge in [0.2, 0.25) is 5.95 Å². The van der Waals surface area contributed by atoms with Crippen molar-refractivity contribution >= 4 is 5.95 Å². The lowest BCUT2D eigenvalue weighted by Crippen LogP contribution is -2.10. The van der Waals surface area contributed by atoms with Gasteiger partial charge in [-0.25, -0.2) is 4.98 Å². The van der Waals surface area contributed by atoms with Gasteiger partial charge >= 0.3 is 0 Å². The van der Waals surface area contributed by atoms with Gasteiger partial charge in [-0.1, -0.05) is 0 Å². The summed E-state index contributed by atoms with van der Waals surface area (Å²) >= 11 is 0. The number of rotatable bonds is 7. The maximum absolute atomic E-state index is 5.65. The molecule has 1 saturated carbocycles. The molecule has 0 amide bonds. The summed E-state index contributed by atoms with van der Waals surface area (Å²) < 4.78 is 10.3. The molecule has 0 unspecified atom stereocenters. The molecule has 2 N–H and O–H groups in total. The van der Waals surface area contributed by atoms with Gasteiger partial charge in [0.15, 0.2) is 0 Å². The average molecular weight is 238 g/mol. The van der Waals surface area contributed by atoms with E-state index >= 15 is 0 Å². The highest BCUT2D eigenvalue weighted by Gasteiger charge is 2.27. The second-order valence-corrected chi connectivity index (χ2v) is 4.10. The van der Waals surface area contributed by atoms with Crippen LogP contribution in [0.25, 0.3) is 0 Å². The highest BCUT2D eigenvalue weighted by Crippen LogP contribution is 2.37. The Bertz CT molecular complexity index is 368. The number of anilines is 1. The van der Waals surface area contributed by atoms with Gasteiger partial charge in [-0.15, -0.1) is 0 Å². The molecule has 1 aromatic rings. The quantitative estimate of drug-likeness (QED) is 0.698. The van der Waals surface area contributed by atoms with Crippen LogP contribution in [-0.4, -0.2) is 41.9 Å². The van der Waals surface area contributed by atoms with E-state index in [-0.39, 0.29) is 0 Å². The van der Waals surface area contributed by atoms with Crippen LogP contribution < -0.4 is 5.73 Å². The highest BCUT2D eigenvalue weighted by molar-refractivity contribution is 5.19. The Balaban J connectivity index is 1.82. The van der Waals surface area contributed by atoms with Gasteiger partial charge in [0.05, 0.1) is 19.8 Å². The zero-order valence-electron chi connectivity index (χ0n) is 10.1. The number of hydrogen-bond acceptors (Lipinski definition) is 6. The van der Waals surface area contributed by atoms with E-state index in [0.29, 0.717) is 38.1 Å². The van der Waals surface area contributed by atoms with Crippen LogP contribution in [0.1, 0.15) is 30.4 Å². The Morgan fingerprint density at radius 1 is 1.18 bits per heavy atom. The summed E-state index contributed by atoms with van der Waals surface area (Å²) in [5.41, 5.74) is 5.65. The first-order valence-electron chi connectivity index (χ1n) is 5.86. The Kier molecular flexibility index (Phi) is 4.22. The minimum Gasteiger partial charge on any atom is -0.382 e. The van der Waals surface area contributed by atoms with Gasteiger partial charge in [0.25, 0.3) is 0 Å². The summed E-state index contributed by atoms with van der Waals surface area (Å²) in [5, 5.41) is 0. The van der Waals surface area contributed by atoms with E-state index in [1.807, 2.05) is 0 Å². The Morgan fingerprint density at radius 2 is 2.00 bits per heavy atom. The number of ether oxygens (including phenoxy) is 2. The Morgan fingerprint density at radius 3 is 2.71 bits per heavy atom. The van der Waals surface area contributed by atoms with E-state index in [0.717, 1.165) is 24.5 Å². The normalized spacial score (nSPS) is 15.1. The zero-order chi connectivity index (χ0) is 12.1. The smallest absolute Gasteiger partial charge is 0.223 e. The predicted octanol–water partition coefficient (Wildman–Crippen LogP) is 0.537. The summed E-state index contributed by atoms with van der Waals surface area (Å²) in [6.07, 6.45) is 2.98. The zero-order valence-corrected chi connectivity index (χ0v) is 10.1. The van der Waals surface area contributed by atoms with Crippen molar-refractivity contribution in [2.45, 2.75) is 25.2 Å². The van der Waals surface area contributed by atoms with Crippen LogP contribution >= 0.6 is 0 Å². The molecule has 1 fully saturated rings. The van der Waals surface area contributed by atoms with E-state index in [4.69, 9.17) is 15.2 Å². The first-order chi connectivity index (χ1) is 8.29. The summed E-state index contributed by atoms with van der Waals surface area (Å²) in [6, 6.07) is 0. The third-order valence-corrected chi connectivity index (χ3v) is 2.56. The van der Waals surface area contributed by atoms with Crippen LogP contribution in [0.15, 0.2) is 0 Å². The molecule has 0 bridgehead atoms. The van der Waals surface area contributed by atoms with Gasteiger partial charge in [-0.05, 0) is 12.8 Å². The molecule has 0 atom stereocenters. The number of nitrogen functional groups attached to an aromatic ring is 1. The minimum atomic E-state index is 0.314. The van der Waals surface area contributed by atoms with Gasteiger partial charge in [-0.3, -0.25) is 0 Å². The minimum absolute atomic E-state index is 0.314. The van der Waals surface area contributed by atoms with Gasteiger partial charge in [0, 0.05) is 19.4 Å². The van der Waals surface area contributed by atoms with Crippen molar-refractivity contribution in [2.75, 3.05) is 32.7 Å². The van der Waals surface area contributed by atoms with Crippen molar-refractivity contribution < 1.29 is 9.47 Å². The SMILES string of the molecule is COCCOCCc1nc(N)nc(C2CC2)n1. The molecule has 6 heteroatoms. The maximum Gasteiger partial charge on any atom is 0.223 e. The summed E-state index contributed by atoms with van der Waals surface area (Å²) in [6.45, 7) is 1.77. The largest absolute Gasteiger partial charge is 0.382 e. The molecule has 0 radical (unpaired) electrons. The molecule has 0 aromatic carbocycles. The molecule has 94 valence electrons. The molecule has 1 aromatic heterocycles. The molecule has 17 heavy (non-hydrogen) atoms. The van der Waals surface area contributed by atoms with Crippen molar-refractivity contribution in [1.82, 2.24) is 15.0 Å². The van der Waals surface area contributed by atoms with E-state index in [2.05, 4.69) is 15.0 Å². The van der Waals surface area contributed by atoms with Crippen molar-refractivity contribution in [3.63, 3.8) is 0 Å². The molecule has 2 rings (SSSR count). The van der Waals surface area contributed by atoms with Gasteiger partial charge in [0.1, 0.15) is 11.6 Å². The molecular weight excluding hydrogens is 220 g/mol. The molecule has 6 nitrogen and oxygen atoms in total. The predicted molar refractivity (Wildman–Crippen MR) is 62.6 cm³/mol. The number of nitrogens with zero attached hydrogens (tertiary/aromatic N) is 3. The number of aromatic nitrogens is 3. The second kappa shape index (κ2) is 5.88. The van der Waals surface area contributed by atoms with Crippen LogP contribution in [0, 0.1) is 0 Å². The van der Waals surface area contributed by atoms with Crippen LogP contribution in [0.4, 0.5) is 5.95 Å². The van der Waals surface area contributed by atoms with Crippen molar-refractivity contribution in [2.24, 2.45) is 0 Å². The molecule has 1 heterocycles. The lowest BCUT2D eigenvalue weighted by atomic mass is 10.3. The lowest BCUT2D eigenvalue weighted by Gasteiger charge is -2.05. The number of methoxy groups -OCH3 is 1. The summed E-state index contributed by atoms with van der Waals surface area (Å²) in [4.78, 5) is 12.7. The highest BCUT2D eigenvalue weighted by atomic mass is 16.5. The monoisotopic (exact) mass is 238 g/mol. The third kappa shape index (κ3) is 3.90. The standard InChI is InChI=1S/C11H18N4O2/c1-16-6-7-17-5-4-9-13-10(8-2-3-8)15-11(12)14-9/h8H,2-7H2,1H3,(H2,12,13,14,15). The van der Waals surface area contributed by atoms with E-state index in [1.165, 1.54) is 0 Å². The van der Waals surface area contributed by atoms with E-state index in [1.54, 1.807) is 7.11 Å². The van der Waals surface area contributed by atoms with E-state index in [9.17, 15) is 0 Å². The molecule has 1 aliphatic rings. The van der Waals surface area contributed by atoms with Crippen molar-refractivity contribution in [3.8, 4) is 0 Å². The number of nitrogens with two attached hydrogens (primary N) is 1. The van der Waals surface area contributed by atoms with Crippen LogP contribution in [0.3, 0.4) is 0 Å². The fraction of sp³-hybridized carbons (Fsp3) is 0.727. The van der Waals surface area contributed by atoms with Gasteiger partial charge in [-0.2, -0.15) is 9.97 Å². The van der Waals surface area contributed by atoms with Crippen molar-refractivity contribution in [1.29, 1.82) is 0 Å². The molecule has 0 spiro atoms. The average Bonchev–Trinajstić information content (AvgIpc) is 3.12. The third-order valence-electron chi connectivity index (χ3n) is 2.56. The molecule has 0 aliphatic heterocycles. The molecule has 1 aliphatic carbocycles. The topological polar surface area (TPSA) is 83.2 Å². The first kappa shape index (κ1) is 12.2. The fourth-order valence-corrected chi connectivity index (χ4v) is 1.50. The summed E-state index contributed by atoms with van der Waals surface area (Å²) in [5.74, 6) is 2.36. The van der Waals surface area contributed by atoms with Crippen molar-refractivity contribution in [3.05, 3.63) is 11.6 Å². The molecular formula is C11H18N4O2. The summed E-state index contributed by atoms with van der Waals surface area (Å²) in [7, 11) is 1.65. The van der Waals surface area contributed by atoms with Crippen LogP contribution in [0.5, 0.6) is 0 Å². The first-order valence-corrected chi connectivity index (χ1v) is 5.86. The Hall–Kier alpha value is -1.27. The Labute approximate surface area is 101 Å². The maximum atomic E-state index is 5.65. The molecule has 0 saturated heterocycles. The van der Waals surface area contributed by atoms with E-state index < -0.39 is 0 Å². The number of hydrogen-bond donors (Lipinski definition) is 1. The van der Waals surface area contributed by atoms with Gasteiger partial charge < -0.3 is 15.2 Å².